The molecule has 160 valence electrons. The lowest BCUT2D eigenvalue weighted by Gasteiger charge is -2.08. The van der Waals surface area contributed by atoms with Crippen molar-refractivity contribution in [2.45, 2.75) is 6.92 Å². The van der Waals surface area contributed by atoms with Crippen molar-refractivity contribution in [1.29, 1.82) is 0 Å². The number of nitrogens with zero attached hydrogens (tertiary/aromatic N) is 3. The minimum absolute atomic E-state index is 0.161. The molecule has 32 heavy (non-hydrogen) atoms. The Balaban J connectivity index is 1.55. The van der Waals surface area contributed by atoms with Crippen molar-refractivity contribution in [3.63, 3.8) is 0 Å². The van der Waals surface area contributed by atoms with Crippen molar-refractivity contribution in [3.05, 3.63) is 96.3 Å². The zero-order valence-corrected chi connectivity index (χ0v) is 17.4. The lowest BCUT2D eigenvalue weighted by atomic mass is 10.2. The maximum absolute atomic E-state index is 14.4. The minimum Gasteiger partial charge on any atom is -0.463 e. The van der Waals surface area contributed by atoms with Crippen molar-refractivity contribution >= 4 is 17.7 Å². The van der Waals surface area contributed by atoms with Crippen molar-refractivity contribution in [2.24, 2.45) is 0 Å². The summed E-state index contributed by atoms with van der Waals surface area (Å²) in [6.45, 7) is 2.22. The van der Waals surface area contributed by atoms with Gasteiger partial charge in [0.15, 0.2) is 5.82 Å². The van der Waals surface area contributed by atoms with Gasteiger partial charge in [0.25, 0.3) is 0 Å². The van der Waals surface area contributed by atoms with Gasteiger partial charge < -0.3 is 10.1 Å². The van der Waals surface area contributed by atoms with Crippen LogP contribution in [-0.2, 0) is 4.79 Å². The zero-order valence-electron chi connectivity index (χ0n) is 17.4. The number of hydrogen-bond donors (Lipinski definition) is 1. The van der Waals surface area contributed by atoms with Gasteiger partial charge in [0.2, 0.25) is 5.91 Å². The molecule has 3 aromatic carbocycles. The van der Waals surface area contributed by atoms with E-state index >= 15 is 0 Å². The summed E-state index contributed by atoms with van der Waals surface area (Å²) < 4.78 is 21.3. The Labute approximate surface area is 185 Å². The lowest BCUT2D eigenvalue weighted by molar-refractivity contribution is -0.111. The number of anilines is 1. The molecule has 0 saturated heterocycles. The highest BCUT2D eigenvalue weighted by Crippen LogP contribution is 2.26. The van der Waals surface area contributed by atoms with Gasteiger partial charge in [-0.2, -0.15) is 4.98 Å². The number of ether oxygens (including phenoxy) is 1. The third kappa shape index (κ3) is 4.89. The SMILES string of the molecule is CCOc1nc(-c2ccccc2F)n(-c2ccc(NC(=O)/C=C/c3ccccc3)cc2)n1. The molecule has 0 radical (unpaired) electrons. The molecule has 6 nitrogen and oxygen atoms in total. The Kier molecular flexibility index (Phi) is 6.36. The van der Waals surface area contributed by atoms with E-state index in [1.165, 1.54) is 16.8 Å². The van der Waals surface area contributed by atoms with Gasteiger partial charge in [0.1, 0.15) is 5.82 Å². The molecule has 0 saturated carbocycles. The van der Waals surface area contributed by atoms with Crippen LogP contribution in [0.2, 0.25) is 0 Å². The third-order valence-electron chi connectivity index (χ3n) is 4.58. The number of hydrogen-bond acceptors (Lipinski definition) is 4. The summed E-state index contributed by atoms with van der Waals surface area (Å²) >= 11 is 0. The summed E-state index contributed by atoms with van der Waals surface area (Å²) in [5, 5.41) is 7.18. The molecule has 0 aliphatic carbocycles. The van der Waals surface area contributed by atoms with Crippen LogP contribution in [0.3, 0.4) is 0 Å². The molecule has 0 bridgehead atoms. The van der Waals surface area contributed by atoms with Crippen LogP contribution in [0.1, 0.15) is 12.5 Å². The number of carbonyl (C=O) groups is 1. The van der Waals surface area contributed by atoms with Crippen LogP contribution in [0, 0.1) is 5.82 Å². The van der Waals surface area contributed by atoms with E-state index in [2.05, 4.69) is 15.4 Å². The van der Waals surface area contributed by atoms with E-state index in [-0.39, 0.29) is 11.9 Å². The molecule has 1 aromatic heterocycles. The average molecular weight is 428 g/mol. The first kappa shape index (κ1) is 21.0. The molecular weight excluding hydrogens is 407 g/mol. The summed E-state index contributed by atoms with van der Waals surface area (Å²) in [4.78, 5) is 16.6. The van der Waals surface area contributed by atoms with E-state index in [0.29, 0.717) is 29.4 Å². The topological polar surface area (TPSA) is 69.0 Å². The molecule has 0 unspecified atom stereocenters. The fourth-order valence-electron chi connectivity index (χ4n) is 3.09. The van der Waals surface area contributed by atoms with Crippen LogP contribution in [0.15, 0.2) is 84.9 Å². The Morgan fingerprint density at radius 3 is 2.47 bits per heavy atom. The number of carbonyl (C=O) groups excluding carboxylic acids is 1. The normalized spacial score (nSPS) is 10.9. The van der Waals surface area contributed by atoms with E-state index in [4.69, 9.17) is 4.74 Å². The van der Waals surface area contributed by atoms with Gasteiger partial charge in [-0.25, -0.2) is 9.07 Å². The van der Waals surface area contributed by atoms with E-state index in [1.54, 1.807) is 48.5 Å². The maximum atomic E-state index is 14.4. The molecule has 0 fully saturated rings. The first-order valence-corrected chi connectivity index (χ1v) is 10.1. The standard InChI is InChI=1S/C25H21FN4O2/c1-2-32-25-28-24(21-10-6-7-11-22(21)26)30(29-25)20-15-13-19(14-16-20)27-23(31)17-12-18-8-4-3-5-9-18/h3-17H,2H2,1H3,(H,27,31)/b17-12+. The minimum atomic E-state index is -0.404. The van der Waals surface area contributed by atoms with Gasteiger partial charge in [0, 0.05) is 11.8 Å². The fraction of sp³-hybridized carbons (Fsp3) is 0.0800. The molecule has 0 aliphatic heterocycles. The fourth-order valence-corrected chi connectivity index (χ4v) is 3.09. The molecule has 4 rings (SSSR count). The first-order chi connectivity index (χ1) is 15.6. The van der Waals surface area contributed by atoms with E-state index in [9.17, 15) is 9.18 Å². The Bertz CT molecular complexity index is 1230. The summed E-state index contributed by atoms with van der Waals surface area (Å²) in [7, 11) is 0. The van der Waals surface area contributed by atoms with Gasteiger partial charge in [-0.05, 0) is 55.0 Å². The number of halogens is 1. The highest BCUT2D eigenvalue weighted by Gasteiger charge is 2.17. The zero-order chi connectivity index (χ0) is 22.3. The largest absolute Gasteiger partial charge is 0.463 e. The monoisotopic (exact) mass is 428 g/mol. The van der Waals surface area contributed by atoms with Crippen molar-refractivity contribution < 1.29 is 13.9 Å². The number of aromatic nitrogens is 3. The second-order valence-electron chi connectivity index (χ2n) is 6.82. The molecule has 0 spiro atoms. The molecular formula is C25H21FN4O2. The summed E-state index contributed by atoms with van der Waals surface area (Å²) in [5.74, 6) is -0.319. The average Bonchev–Trinajstić information content (AvgIpc) is 3.23. The van der Waals surface area contributed by atoms with Gasteiger partial charge >= 0.3 is 6.01 Å². The molecule has 0 aliphatic rings. The smallest absolute Gasteiger partial charge is 0.336 e. The molecule has 1 amide bonds. The van der Waals surface area contributed by atoms with E-state index in [1.807, 2.05) is 37.3 Å². The predicted octanol–water partition coefficient (Wildman–Crippen LogP) is 5.12. The van der Waals surface area contributed by atoms with Crippen LogP contribution < -0.4 is 10.1 Å². The van der Waals surface area contributed by atoms with Gasteiger partial charge in [-0.15, -0.1) is 5.10 Å². The van der Waals surface area contributed by atoms with Crippen LogP contribution in [0.25, 0.3) is 23.2 Å². The highest BCUT2D eigenvalue weighted by atomic mass is 19.1. The molecule has 1 heterocycles. The number of nitrogens with one attached hydrogen (secondary N) is 1. The molecule has 4 aromatic rings. The second-order valence-corrected chi connectivity index (χ2v) is 6.82. The molecule has 7 heteroatoms. The molecule has 0 atom stereocenters. The molecule has 1 N–H and O–H groups in total. The van der Waals surface area contributed by atoms with Crippen LogP contribution >= 0.6 is 0 Å². The summed E-state index contributed by atoms with van der Waals surface area (Å²) in [6, 6.07) is 23.1. The number of rotatable bonds is 7. The van der Waals surface area contributed by atoms with Crippen molar-refractivity contribution in [3.8, 4) is 23.1 Å². The number of amides is 1. The summed E-state index contributed by atoms with van der Waals surface area (Å²) in [5.41, 5.74) is 2.53. The van der Waals surface area contributed by atoms with E-state index < -0.39 is 5.82 Å². The van der Waals surface area contributed by atoms with Crippen molar-refractivity contribution in [1.82, 2.24) is 14.8 Å². The lowest BCUT2D eigenvalue weighted by Crippen LogP contribution is -2.08. The summed E-state index contributed by atoms with van der Waals surface area (Å²) in [6.07, 6.45) is 3.22. The second kappa shape index (κ2) is 9.70. The Hall–Kier alpha value is -4.26. The van der Waals surface area contributed by atoms with Crippen LogP contribution in [0.4, 0.5) is 10.1 Å². The third-order valence-corrected chi connectivity index (χ3v) is 4.58. The predicted molar refractivity (Wildman–Crippen MR) is 122 cm³/mol. The van der Waals surface area contributed by atoms with E-state index in [0.717, 1.165) is 5.56 Å². The Morgan fingerprint density at radius 1 is 1.03 bits per heavy atom. The van der Waals surface area contributed by atoms with Crippen LogP contribution in [0.5, 0.6) is 6.01 Å². The number of benzene rings is 3. The van der Waals surface area contributed by atoms with Crippen molar-refractivity contribution in [2.75, 3.05) is 11.9 Å². The first-order valence-electron chi connectivity index (χ1n) is 10.1. The quantitative estimate of drug-likeness (QED) is 0.415. The maximum Gasteiger partial charge on any atom is 0.336 e. The van der Waals surface area contributed by atoms with Gasteiger partial charge in [0.05, 0.1) is 17.9 Å². The van der Waals surface area contributed by atoms with Gasteiger partial charge in [-0.1, -0.05) is 42.5 Å². The highest BCUT2D eigenvalue weighted by molar-refractivity contribution is 6.01. The Morgan fingerprint density at radius 2 is 1.75 bits per heavy atom. The van der Waals surface area contributed by atoms with Gasteiger partial charge in [-0.3, -0.25) is 4.79 Å². The van der Waals surface area contributed by atoms with Crippen LogP contribution in [-0.4, -0.2) is 27.3 Å².